The van der Waals surface area contributed by atoms with Crippen molar-refractivity contribution in [3.8, 4) is 0 Å². The highest BCUT2D eigenvalue weighted by Crippen LogP contribution is 2.06. The average molecular weight is 231 g/mol. The Kier molecular flexibility index (Phi) is 4.16. The van der Waals surface area contributed by atoms with Gasteiger partial charge in [-0.3, -0.25) is 0 Å². The fourth-order valence-corrected chi connectivity index (χ4v) is 1.55. The Morgan fingerprint density at radius 2 is 1.82 bits per heavy atom. The van der Waals surface area contributed by atoms with Crippen LogP contribution in [-0.4, -0.2) is 16.5 Å². The minimum absolute atomic E-state index is 0.148. The van der Waals surface area contributed by atoms with E-state index in [1.54, 1.807) is 30.6 Å². The highest BCUT2D eigenvalue weighted by molar-refractivity contribution is 5.17. The largest absolute Gasteiger partial charge is 0.310 e. The summed E-state index contributed by atoms with van der Waals surface area (Å²) >= 11 is 0. The van der Waals surface area contributed by atoms with Crippen molar-refractivity contribution >= 4 is 0 Å². The molecule has 0 spiro atoms. The Hall–Kier alpha value is -1.81. The van der Waals surface area contributed by atoms with Crippen LogP contribution in [0.15, 0.2) is 42.7 Å². The summed E-state index contributed by atoms with van der Waals surface area (Å²) in [6.45, 7) is 1.31. The maximum Gasteiger partial charge on any atom is 0.141 e. The molecule has 1 aromatic carbocycles. The second kappa shape index (κ2) is 6.06. The fraction of sp³-hybridized carbons (Fsp3) is 0.231. The molecule has 1 aromatic heterocycles. The quantitative estimate of drug-likeness (QED) is 0.799. The van der Waals surface area contributed by atoms with Gasteiger partial charge in [-0.05, 0) is 30.7 Å². The standard InChI is InChI=1S/C13H14FN3/c14-12-5-2-1-4-11(12)6-9-15-10-13-16-7-3-8-17-13/h1-5,7-8,15H,6,9-10H2. The van der Waals surface area contributed by atoms with Crippen LogP contribution in [0.3, 0.4) is 0 Å². The van der Waals surface area contributed by atoms with Crippen molar-refractivity contribution in [2.75, 3.05) is 6.54 Å². The number of hydrogen-bond donors (Lipinski definition) is 1. The van der Waals surface area contributed by atoms with Crippen molar-refractivity contribution < 1.29 is 4.39 Å². The summed E-state index contributed by atoms with van der Waals surface area (Å²) in [6.07, 6.45) is 4.08. The van der Waals surface area contributed by atoms with Crippen LogP contribution in [-0.2, 0) is 13.0 Å². The summed E-state index contributed by atoms with van der Waals surface area (Å²) in [5.41, 5.74) is 0.731. The molecule has 2 aromatic rings. The number of nitrogens with one attached hydrogen (secondary N) is 1. The summed E-state index contributed by atoms with van der Waals surface area (Å²) in [4.78, 5) is 8.19. The first kappa shape index (κ1) is 11.7. The van der Waals surface area contributed by atoms with Gasteiger partial charge in [-0.2, -0.15) is 0 Å². The van der Waals surface area contributed by atoms with Crippen molar-refractivity contribution in [1.29, 1.82) is 0 Å². The van der Waals surface area contributed by atoms with Gasteiger partial charge in [-0.15, -0.1) is 0 Å². The summed E-state index contributed by atoms with van der Waals surface area (Å²) in [5, 5.41) is 3.19. The van der Waals surface area contributed by atoms with E-state index in [1.165, 1.54) is 6.07 Å². The zero-order valence-corrected chi connectivity index (χ0v) is 9.44. The SMILES string of the molecule is Fc1ccccc1CCNCc1ncccn1. The third kappa shape index (κ3) is 3.60. The number of rotatable bonds is 5. The molecule has 0 aliphatic heterocycles. The molecule has 17 heavy (non-hydrogen) atoms. The summed E-state index contributed by atoms with van der Waals surface area (Å²) in [6, 6.07) is 8.61. The molecule has 1 heterocycles. The van der Waals surface area contributed by atoms with E-state index in [0.29, 0.717) is 19.5 Å². The lowest BCUT2D eigenvalue weighted by molar-refractivity contribution is 0.594. The van der Waals surface area contributed by atoms with Crippen molar-refractivity contribution in [1.82, 2.24) is 15.3 Å². The van der Waals surface area contributed by atoms with Gasteiger partial charge in [0.05, 0.1) is 6.54 Å². The van der Waals surface area contributed by atoms with Crippen LogP contribution in [0.2, 0.25) is 0 Å². The maximum absolute atomic E-state index is 13.3. The molecule has 1 N–H and O–H groups in total. The molecule has 0 bridgehead atoms. The molecular weight excluding hydrogens is 217 g/mol. The van der Waals surface area contributed by atoms with E-state index in [0.717, 1.165) is 11.4 Å². The van der Waals surface area contributed by atoms with Gasteiger partial charge < -0.3 is 5.32 Å². The third-order valence-corrected chi connectivity index (χ3v) is 2.43. The van der Waals surface area contributed by atoms with Gasteiger partial charge in [0.25, 0.3) is 0 Å². The number of hydrogen-bond acceptors (Lipinski definition) is 3. The maximum atomic E-state index is 13.3. The van der Waals surface area contributed by atoms with Gasteiger partial charge in [0.15, 0.2) is 0 Å². The predicted molar refractivity (Wildman–Crippen MR) is 63.8 cm³/mol. The lowest BCUT2D eigenvalue weighted by Crippen LogP contribution is -2.18. The molecule has 0 atom stereocenters. The van der Waals surface area contributed by atoms with Crippen LogP contribution >= 0.6 is 0 Å². The molecule has 0 amide bonds. The Bertz CT molecular complexity index is 459. The molecule has 0 unspecified atom stereocenters. The summed E-state index contributed by atoms with van der Waals surface area (Å²) in [7, 11) is 0. The third-order valence-electron chi connectivity index (χ3n) is 2.43. The zero-order valence-electron chi connectivity index (χ0n) is 9.44. The van der Waals surface area contributed by atoms with Crippen LogP contribution in [0.5, 0.6) is 0 Å². The fourth-order valence-electron chi connectivity index (χ4n) is 1.55. The van der Waals surface area contributed by atoms with E-state index < -0.39 is 0 Å². The van der Waals surface area contributed by atoms with E-state index in [4.69, 9.17) is 0 Å². The highest BCUT2D eigenvalue weighted by atomic mass is 19.1. The highest BCUT2D eigenvalue weighted by Gasteiger charge is 2.00. The summed E-state index contributed by atoms with van der Waals surface area (Å²) in [5.74, 6) is 0.603. The molecule has 3 nitrogen and oxygen atoms in total. The Morgan fingerprint density at radius 3 is 2.59 bits per heavy atom. The molecule has 88 valence electrons. The Balaban J connectivity index is 1.76. The van der Waals surface area contributed by atoms with E-state index >= 15 is 0 Å². The van der Waals surface area contributed by atoms with Crippen LogP contribution in [0.4, 0.5) is 4.39 Å². The predicted octanol–water partition coefficient (Wildman–Crippen LogP) is 1.95. The van der Waals surface area contributed by atoms with E-state index in [-0.39, 0.29) is 5.82 Å². The minimum atomic E-state index is -0.148. The Labute approximate surface area is 99.7 Å². The lowest BCUT2D eigenvalue weighted by atomic mass is 10.1. The molecule has 2 rings (SSSR count). The normalized spacial score (nSPS) is 10.4. The monoisotopic (exact) mass is 231 g/mol. The first-order chi connectivity index (χ1) is 8.36. The van der Waals surface area contributed by atoms with Crippen LogP contribution in [0.25, 0.3) is 0 Å². The number of halogens is 1. The van der Waals surface area contributed by atoms with Crippen molar-refractivity contribution in [2.24, 2.45) is 0 Å². The first-order valence-corrected chi connectivity index (χ1v) is 5.56. The van der Waals surface area contributed by atoms with Crippen LogP contribution < -0.4 is 5.32 Å². The van der Waals surface area contributed by atoms with Crippen molar-refractivity contribution in [2.45, 2.75) is 13.0 Å². The zero-order chi connectivity index (χ0) is 11.9. The molecule has 0 aliphatic carbocycles. The lowest BCUT2D eigenvalue weighted by Gasteiger charge is -2.04. The van der Waals surface area contributed by atoms with E-state index in [1.807, 2.05) is 6.07 Å². The molecule has 0 saturated carbocycles. The minimum Gasteiger partial charge on any atom is -0.310 e. The molecule has 0 fully saturated rings. The van der Waals surface area contributed by atoms with Crippen LogP contribution in [0.1, 0.15) is 11.4 Å². The second-order valence-electron chi connectivity index (χ2n) is 3.68. The molecule has 0 aliphatic rings. The van der Waals surface area contributed by atoms with E-state index in [9.17, 15) is 4.39 Å². The average Bonchev–Trinajstić information content (AvgIpc) is 2.38. The second-order valence-corrected chi connectivity index (χ2v) is 3.68. The smallest absolute Gasteiger partial charge is 0.141 e. The van der Waals surface area contributed by atoms with E-state index in [2.05, 4.69) is 15.3 Å². The molecule has 0 saturated heterocycles. The van der Waals surface area contributed by atoms with Gasteiger partial charge in [0.2, 0.25) is 0 Å². The number of aromatic nitrogens is 2. The first-order valence-electron chi connectivity index (χ1n) is 5.56. The van der Waals surface area contributed by atoms with Gasteiger partial charge >= 0.3 is 0 Å². The number of nitrogens with zero attached hydrogens (tertiary/aromatic N) is 2. The number of benzene rings is 1. The Morgan fingerprint density at radius 1 is 1.06 bits per heavy atom. The van der Waals surface area contributed by atoms with Gasteiger partial charge in [0.1, 0.15) is 11.6 Å². The topological polar surface area (TPSA) is 37.8 Å². The molecule has 4 heteroatoms. The van der Waals surface area contributed by atoms with Crippen LogP contribution in [0, 0.1) is 5.82 Å². The summed E-state index contributed by atoms with van der Waals surface area (Å²) < 4.78 is 13.3. The van der Waals surface area contributed by atoms with Crippen molar-refractivity contribution in [3.05, 3.63) is 59.9 Å². The van der Waals surface area contributed by atoms with Gasteiger partial charge in [-0.1, -0.05) is 18.2 Å². The van der Waals surface area contributed by atoms with Crippen molar-refractivity contribution in [3.63, 3.8) is 0 Å². The molecular formula is C13H14FN3. The van der Waals surface area contributed by atoms with Gasteiger partial charge in [0, 0.05) is 12.4 Å². The van der Waals surface area contributed by atoms with Gasteiger partial charge in [-0.25, -0.2) is 14.4 Å². The molecule has 0 radical (unpaired) electrons.